The van der Waals surface area contributed by atoms with Crippen molar-refractivity contribution in [2.75, 3.05) is 25.1 Å². The zero-order valence-corrected chi connectivity index (χ0v) is 19.4. The van der Waals surface area contributed by atoms with Crippen molar-refractivity contribution in [1.29, 1.82) is 0 Å². The molecule has 0 aliphatic carbocycles. The molecular formula is C26H33NO5. The SMILES string of the molecule is CCOC(=O)c1cc(NC(=O)C2(c3cccc(C)c3)CCOCC2)ccc1O[C@@H](C)CC. The van der Waals surface area contributed by atoms with Gasteiger partial charge in [-0.15, -0.1) is 0 Å². The van der Waals surface area contributed by atoms with Crippen LogP contribution in [0, 0.1) is 6.92 Å². The molecule has 1 amide bonds. The molecule has 0 radical (unpaired) electrons. The standard InChI is InChI=1S/C26H33NO5/c1-5-19(4)32-23-11-10-21(17-22(23)24(28)31-6-2)27-25(29)26(12-14-30-15-13-26)20-9-7-8-18(3)16-20/h7-11,16-17,19H,5-6,12-15H2,1-4H3,(H,27,29)/t19-/m0/s1. The molecule has 0 bridgehead atoms. The summed E-state index contributed by atoms with van der Waals surface area (Å²) in [4.78, 5) is 26.2. The summed E-state index contributed by atoms with van der Waals surface area (Å²) in [6.07, 6.45) is 1.96. The average molecular weight is 440 g/mol. The molecule has 32 heavy (non-hydrogen) atoms. The van der Waals surface area contributed by atoms with E-state index in [1.165, 1.54) is 0 Å². The van der Waals surface area contributed by atoms with Gasteiger partial charge in [-0.3, -0.25) is 4.79 Å². The number of aryl methyl sites for hydroxylation is 1. The third-order valence-corrected chi connectivity index (χ3v) is 5.99. The maximum atomic E-state index is 13.6. The molecule has 1 saturated heterocycles. The third kappa shape index (κ3) is 5.30. The van der Waals surface area contributed by atoms with Gasteiger partial charge < -0.3 is 19.5 Å². The van der Waals surface area contributed by atoms with E-state index >= 15 is 0 Å². The number of hydrogen-bond acceptors (Lipinski definition) is 5. The van der Waals surface area contributed by atoms with Crippen LogP contribution in [0.3, 0.4) is 0 Å². The second kappa shape index (κ2) is 10.6. The van der Waals surface area contributed by atoms with Crippen LogP contribution >= 0.6 is 0 Å². The predicted molar refractivity (Wildman–Crippen MR) is 124 cm³/mol. The maximum absolute atomic E-state index is 13.6. The smallest absolute Gasteiger partial charge is 0.341 e. The predicted octanol–water partition coefficient (Wildman–Crippen LogP) is 5.04. The molecule has 6 heteroatoms. The highest BCUT2D eigenvalue weighted by Gasteiger charge is 2.42. The Kier molecular flexibility index (Phi) is 7.91. The van der Waals surface area contributed by atoms with Gasteiger partial charge >= 0.3 is 5.97 Å². The minimum atomic E-state index is -0.680. The highest BCUT2D eigenvalue weighted by Crippen LogP contribution is 2.37. The van der Waals surface area contributed by atoms with Gasteiger partial charge in [0.2, 0.25) is 5.91 Å². The first-order chi connectivity index (χ1) is 15.4. The molecule has 0 saturated carbocycles. The molecule has 1 atom stereocenters. The lowest BCUT2D eigenvalue weighted by Crippen LogP contribution is -2.44. The van der Waals surface area contributed by atoms with Gasteiger partial charge in [0, 0.05) is 18.9 Å². The van der Waals surface area contributed by atoms with Crippen molar-refractivity contribution in [1.82, 2.24) is 0 Å². The topological polar surface area (TPSA) is 73.9 Å². The van der Waals surface area contributed by atoms with Crippen LogP contribution in [0.15, 0.2) is 42.5 Å². The molecule has 1 aliphatic heterocycles. The van der Waals surface area contributed by atoms with Gasteiger partial charge in [0.25, 0.3) is 0 Å². The first-order valence-electron chi connectivity index (χ1n) is 11.3. The first-order valence-corrected chi connectivity index (χ1v) is 11.3. The van der Waals surface area contributed by atoms with Gasteiger partial charge in [-0.2, -0.15) is 0 Å². The Balaban J connectivity index is 1.92. The summed E-state index contributed by atoms with van der Waals surface area (Å²) in [5.74, 6) is -0.117. The van der Waals surface area contributed by atoms with E-state index in [2.05, 4.69) is 11.4 Å². The van der Waals surface area contributed by atoms with E-state index in [9.17, 15) is 9.59 Å². The van der Waals surface area contributed by atoms with Crippen molar-refractivity contribution in [2.45, 2.75) is 58.5 Å². The lowest BCUT2D eigenvalue weighted by Gasteiger charge is -2.36. The molecular weight excluding hydrogens is 406 g/mol. The molecule has 6 nitrogen and oxygen atoms in total. The minimum Gasteiger partial charge on any atom is -0.490 e. The van der Waals surface area contributed by atoms with Gasteiger partial charge in [0.15, 0.2) is 0 Å². The molecule has 1 N–H and O–H groups in total. The Hall–Kier alpha value is -2.86. The molecule has 1 aliphatic rings. The molecule has 0 spiro atoms. The summed E-state index contributed by atoms with van der Waals surface area (Å²) >= 11 is 0. The van der Waals surface area contributed by atoms with E-state index in [0.717, 1.165) is 17.5 Å². The van der Waals surface area contributed by atoms with Crippen molar-refractivity contribution in [3.8, 4) is 5.75 Å². The zero-order valence-electron chi connectivity index (χ0n) is 19.4. The summed E-state index contributed by atoms with van der Waals surface area (Å²) in [5, 5.41) is 3.04. The number of carbonyl (C=O) groups is 2. The summed E-state index contributed by atoms with van der Waals surface area (Å²) in [6, 6.07) is 13.2. The zero-order chi connectivity index (χ0) is 23.1. The van der Waals surface area contributed by atoms with Crippen molar-refractivity contribution in [2.24, 2.45) is 0 Å². The van der Waals surface area contributed by atoms with E-state index in [4.69, 9.17) is 14.2 Å². The van der Waals surface area contributed by atoms with Gasteiger partial charge in [-0.25, -0.2) is 4.79 Å². The molecule has 1 fully saturated rings. The summed E-state index contributed by atoms with van der Waals surface area (Å²) in [5.41, 5.74) is 2.26. The second-order valence-electron chi connectivity index (χ2n) is 8.29. The van der Waals surface area contributed by atoms with Crippen LogP contribution in [0.2, 0.25) is 0 Å². The normalized spacial score (nSPS) is 16.1. The van der Waals surface area contributed by atoms with E-state index in [1.807, 2.05) is 39.0 Å². The largest absolute Gasteiger partial charge is 0.490 e. The van der Waals surface area contributed by atoms with E-state index in [0.29, 0.717) is 43.1 Å². The second-order valence-corrected chi connectivity index (χ2v) is 8.29. The number of amides is 1. The highest BCUT2D eigenvalue weighted by atomic mass is 16.5. The number of carbonyl (C=O) groups excluding carboxylic acids is 2. The molecule has 3 rings (SSSR count). The Morgan fingerprint density at radius 1 is 1.12 bits per heavy atom. The number of benzene rings is 2. The van der Waals surface area contributed by atoms with Crippen molar-refractivity contribution in [3.05, 3.63) is 59.2 Å². The molecule has 172 valence electrons. The number of nitrogens with one attached hydrogen (secondary N) is 1. The summed E-state index contributed by atoms with van der Waals surface area (Å²) in [7, 11) is 0. The molecule has 2 aromatic carbocycles. The Labute approximate surface area is 190 Å². The third-order valence-electron chi connectivity index (χ3n) is 5.99. The first kappa shape index (κ1) is 23.8. The van der Waals surface area contributed by atoms with E-state index in [1.54, 1.807) is 25.1 Å². The Morgan fingerprint density at radius 2 is 1.88 bits per heavy atom. The number of hydrogen-bond donors (Lipinski definition) is 1. The fourth-order valence-electron chi connectivity index (χ4n) is 3.94. The van der Waals surface area contributed by atoms with Crippen LogP contribution in [0.1, 0.15) is 61.5 Å². The van der Waals surface area contributed by atoms with Crippen LogP contribution in [-0.4, -0.2) is 37.8 Å². The Morgan fingerprint density at radius 3 is 2.53 bits per heavy atom. The lowest BCUT2D eigenvalue weighted by atomic mass is 9.73. The van der Waals surface area contributed by atoms with Gasteiger partial charge in [0.05, 0.1) is 18.1 Å². The maximum Gasteiger partial charge on any atom is 0.341 e. The molecule has 1 heterocycles. The number of rotatable bonds is 8. The van der Waals surface area contributed by atoms with Crippen LogP contribution in [-0.2, 0) is 19.7 Å². The molecule has 0 aromatic heterocycles. The lowest BCUT2D eigenvalue weighted by molar-refractivity contribution is -0.125. The highest BCUT2D eigenvalue weighted by molar-refractivity contribution is 6.01. The van der Waals surface area contributed by atoms with Crippen LogP contribution < -0.4 is 10.1 Å². The molecule has 0 unspecified atom stereocenters. The monoisotopic (exact) mass is 439 g/mol. The Bertz CT molecular complexity index is 949. The van der Waals surface area contributed by atoms with Crippen molar-refractivity contribution < 1.29 is 23.8 Å². The van der Waals surface area contributed by atoms with Crippen molar-refractivity contribution in [3.63, 3.8) is 0 Å². The summed E-state index contributed by atoms with van der Waals surface area (Å²) < 4.78 is 16.7. The number of esters is 1. The number of ether oxygens (including phenoxy) is 3. The van der Waals surface area contributed by atoms with Gasteiger partial charge in [0.1, 0.15) is 11.3 Å². The van der Waals surface area contributed by atoms with E-state index < -0.39 is 11.4 Å². The van der Waals surface area contributed by atoms with Gasteiger partial charge in [-0.1, -0.05) is 36.8 Å². The van der Waals surface area contributed by atoms with Crippen LogP contribution in [0.5, 0.6) is 5.75 Å². The van der Waals surface area contributed by atoms with Crippen molar-refractivity contribution >= 4 is 17.6 Å². The quantitative estimate of drug-likeness (QED) is 0.584. The minimum absolute atomic E-state index is 0.0459. The summed E-state index contributed by atoms with van der Waals surface area (Å²) in [6.45, 7) is 9.05. The number of anilines is 1. The average Bonchev–Trinajstić information content (AvgIpc) is 2.80. The fraction of sp³-hybridized carbons (Fsp3) is 0.462. The fourth-order valence-corrected chi connectivity index (χ4v) is 3.94. The van der Waals surface area contributed by atoms with Gasteiger partial charge in [-0.05, 0) is 63.8 Å². The van der Waals surface area contributed by atoms with Crippen LogP contribution in [0.4, 0.5) is 5.69 Å². The van der Waals surface area contributed by atoms with E-state index in [-0.39, 0.29) is 18.6 Å². The van der Waals surface area contributed by atoms with Crippen LogP contribution in [0.25, 0.3) is 0 Å². The molecule has 2 aromatic rings.